The lowest BCUT2D eigenvalue weighted by Crippen LogP contribution is -2.25. The van der Waals surface area contributed by atoms with Crippen LogP contribution >= 0.6 is 11.6 Å². The van der Waals surface area contributed by atoms with E-state index >= 15 is 0 Å². The smallest absolute Gasteiger partial charge is 0.399 e. The van der Waals surface area contributed by atoms with Gasteiger partial charge in [0.25, 0.3) is 0 Å². The van der Waals surface area contributed by atoms with Gasteiger partial charge in [0.05, 0.1) is 23.9 Å². The molecule has 4 rings (SSSR count). The third-order valence-electron chi connectivity index (χ3n) is 5.52. The highest BCUT2D eigenvalue weighted by Crippen LogP contribution is 2.35. The van der Waals surface area contributed by atoms with Crippen molar-refractivity contribution >= 4 is 23.1 Å². The molecule has 6 nitrogen and oxygen atoms in total. The third kappa shape index (κ3) is 4.63. The number of anilines is 2. The molecule has 0 radical (unpaired) electrons. The Morgan fingerprint density at radius 3 is 2.80 bits per heavy atom. The summed E-state index contributed by atoms with van der Waals surface area (Å²) in [7, 11) is 0. The van der Waals surface area contributed by atoms with E-state index in [0.29, 0.717) is 30.4 Å². The van der Waals surface area contributed by atoms with Gasteiger partial charge in [0.2, 0.25) is 5.28 Å². The van der Waals surface area contributed by atoms with Crippen molar-refractivity contribution in [2.24, 2.45) is 5.92 Å². The average molecular weight is 442 g/mol. The number of fused-ring (bicyclic) bond motifs is 1. The lowest BCUT2D eigenvalue weighted by molar-refractivity contribution is -0.137. The van der Waals surface area contributed by atoms with Crippen LogP contribution in [0.5, 0.6) is 0 Å². The van der Waals surface area contributed by atoms with Gasteiger partial charge in [-0.15, -0.1) is 0 Å². The minimum atomic E-state index is -4.46. The molecule has 0 spiro atoms. The van der Waals surface area contributed by atoms with E-state index < -0.39 is 17.8 Å². The fourth-order valence-electron chi connectivity index (χ4n) is 4.01. The molecule has 2 aromatic rings. The molecular formula is C20H23ClF3N5O. The van der Waals surface area contributed by atoms with Gasteiger partial charge < -0.3 is 15.8 Å². The Morgan fingerprint density at radius 2 is 2.10 bits per heavy atom. The van der Waals surface area contributed by atoms with Crippen LogP contribution in [-0.2, 0) is 24.0 Å². The van der Waals surface area contributed by atoms with Gasteiger partial charge in [0.1, 0.15) is 5.82 Å². The number of alkyl halides is 3. The highest BCUT2D eigenvalue weighted by atomic mass is 35.5. The second-order valence-electron chi connectivity index (χ2n) is 7.92. The molecule has 30 heavy (non-hydrogen) atoms. The fraction of sp³-hybridized carbons (Fsp3) is 0.500. The molecule has 1 saturated heterocycles. The summed E-state index contributed by atoms with van der Waals surface area (Å²) in [4.78, 5) is 10.9. The van der Waals surface area contributed by atoms with E-state index in [4.69, 9.17) is 22.1 Å². The van der Waals surface area contributed by atoms with Crippen LogP contribution in [0, 0.1) is 5.92 Å². The van der Waals surface area contributed by atoms with Crippen molar-refractivity contribution in [1.29, 1.82) is 0 Å². The summed E-state index contributed by atoms with van der Waals surface area (Å²) in [6.45, 7) is 5.53. The maximum atomic E-state index is 13.2. The molecule has 2 aliphatic heterocycles. The largest absolute Gasteiger partial charge is 0.416 e. The number of rotatable bonds is 5. The molecule has 10 heteroatoms. The van der Waals surface area contributed by atoms with Gasteiger partial charge in [-0.3, -0.25) is 4.90 Å². The maximum absolute atomic E-state index is 13.2. The second kappa shape index (κ2) is 8.20. The number of nitrogens with zero attached hydrogens (tertiary/aromatic N) is 3. The molecule has 1 fully saturated rings. The third-order valence-corrected chi connectivity index (χ3v) is 5.69. The van der Waals surface area contributed by atoms with Gasteiger partial charge in [0, 0.05) is 37.5 Å². The molecule has 1 aromatic heterocycles. The summed E-state index contributed by atoms with van der Waals surface area (Å²) < 4.78 is 44.9. The van der Waals surface area contributed by atoms with E-state index in [1.54, 1.807) is 6.92 Å². The van der Waals surface area contributed by atoms with E-state index in [0.717, 1.165) is 49.6 Å². The monoisotopic (exact) mass is 441 g/mol. The van der Waals surface area contributed by atoms with Crippen LogP contribution in [0.15, 0.2) is 18.2 Å². The van der Waals surface area contributed by atoms with Gasteiger partial charge in [-0.1, -0.05) is 0 Å². The zero-order chi connectivity index (χ0) is 21.5. The Labute approximate surface area is 177 Å². The van der Waals surface area contributed by atoms with Crippen LogP contribution in [0.2, 0.25) is 5.28 Å². The van der Waals surface area contributed by atoms with Crippen LogP contribution in [0.1, 0.15) is 41.8 Å². The van der Waals surface area contributed by atoms with Crippen LogP contribution in [0.4, 0.5) is 24.7 Å². The van der Waals surface area contributed by atoms with Crippen molar-refractivity contribution in [2.75, 3.05) is 30.8 Å². The van der Waals surface area contributed by atoms with Gasteiger partial charge in [-0.25, -0.2) is 9.97 Å². The minimum Gasteiger partial charge on any atom is -0.399 e. The van der Waals surface area contributed by atoms with E-state index in [9.17, 15) is 13.2 Å². The zero-order valence-electron chi connectivity index (χ0n) is 16.5. The van der Waals surface area contributed by atoms with Crippen molar-refractivity contribution < 1.29 is 17.9 Å². The molecule has 0 aliphatic carbocycles. The lowest BCUT2D eigenvalue weighted by atomic mass is 10.0. The Kier molecular flexibility index (Phi) is 5.78. The summed E-state index contributed by atoms with van der Waals surface area (Å²) in [5, 5.41) is 3.32. The second-order valence-corrected chi connectivity index (χ2v) is 8.26. The molecule has 1 aromatic carbocycles. The number of hydrogen-bond donors (Lipinski definition) is 2. The summed E-state index contributed by atoms with van der Waals surface area (Å²) >= 11 is 6.12. The summed E-state index contributed by atoms with van der Waals surface area (Å²) in [5.74, 6) is 1.03. The van der Waals surface area contributed by atoms with Crippen molar-refractivity contribution in [3.05, 3.63) is 45.9 Å². The highest BCUT2D eigenvalue weighted by molar-refractivity contribution is 6.28. The van der Waals surface area contributed by atoms with Crippen molar-refractivity contribution in [3.8, 4) is 0 Å². The number of nitrogens with two attached hydrogens (primary N) is 1. The number of hydrogen-bond acceptors (Lipinski definition) is 6. The van der Waals surface area contributed by atoms with E-state index in [-0.39, 0.29) is 11.0 Å². The van der Waals surface area contributed by atoms with Crippen LogP contribution in [0.3, 0.4) is 0 Å². The van der Waals surface area contributed by atoms with Gasteiger partial charge in [-0.05, 0) is 54.6 Å². The number of benzene rings is 1. The molecule has 0 saturated carbocycles. The molecule has 1 unspecified atom stereocenters. The predicted molar refractivity (Wildman–Crippen MR) is 108 cm³/mol. The quantitative estimate of drug-likeness (QED) is 0.533. The topological polar surface area (TPSA) is 76.3 Å². The number of aromatic nitrogens is 2. The first-order valence-electron chi connectivity index (χ1n) is 9.78. The Morgan fingerprint density at radius 1 is 1.30 bits per heavy atom. The van der Waals surface area contributed by atoms with Crippen molar-refractivity contribution in [2.45, 2.75) is 38.7 Å². The van der Waals surface area contributed by atoms with E-state index in [1.165, 1.54) is 6.07 Å². The zero-order valence-corrected chi connectivity index (χ0v) is 17.2. The summed E-state index contributed by atoms with van der Waals surface area (Å²) in [6, 6.07) is 3.10. The molecule has 0 amide bonds. The minimum absolute atomic E-state index is 0.0596. The first-order chi connectivity index (χ1) is 14.2. The van der Waals surface area contributed by atoms with Gasteiger partial charge in [-0.2, -0.15) is 13.2 Å². The number of nitrogens with one attached hydrogen (secondary N) is 1. The van der Waals surface area contributed by atoms with Crippen LogP contribution < -0.4 is 11.1 Å². The van der Waals surface area contributed by atoms with Crippen molar-refractivity contribution in [1.82, 2.24) is 14.9 Å². The van der Waals surface area contributed by atoms with Gasteiger partial charge >= 0.3 is 6.18 Å². The van der Waals surface area contributed by atoms with Gasteiger partial charge in [0.15, 0.2) is 0 Å². The van der Waals surface area contributed by atoms with Crippen LogP contribution in [0.25, 0.3) is 0 Å². The molecule has 3 heterocycles. The number of nitrogen functional groups attached to an aromatic ring is 1. The molecule has 2 atom stereocenters. The first-order valence-corrected chi connectivity index (χ1v) is 10.2. The first kappa shape index (κ1) is 21.1. The van der Waals surface area contributed by atoms with Crippen LogP contribution in [-0.4, -0.2) is 34.6 Å². The highest BCUT2D eigenvalue weighted by Gasteiger charge is 2.32. The lowest BCUT2D eigenvalue weighted by Gasteiger charge is -2.20. The Bertz CT molecular complexity index is 933. The number of halogens is 4. The van der Waals surface area contributed by atoms with E-state index in [2.05, 4.69) is 20.2 Å². The molecule has 3 N–H and O–H groups in total. The predicted octanol–water partition coefficient (Wildman–Crippen LogP) is 4.26. The SMILES string of the molecule is C[C@@H](Nc1nc(Cl)nc2c1CN(CC1CCOC1)C2)c1cc(N)cc(C(F)(F)F)c1. The fourth-order valence-corrected chi connectivity index (χ4v) is 4.19. The molecule has 162 valence electrons. The Balaban J connectivity index is 1.54. The van der Waals surface area contributed by atoms with Crippen molar-refractivity contribution in [3.63, 3.8) is 0 Å². The van der Waals surface area contributed by atoms with E-state index in [1.807, 2.05) is 0 Å². The average Bonchev–Trinajstić information content (AvgIpc) is 3.30. The normalized spacial score (nSPS) is 20.4. The summed E-state index contributed by atoms with van der Waals surface area (Å²) in [5.41, 5.74) is 7.17. The molecular weight excluding hydrogens is 419 g/mol. The number of ether oxygens (including phenoxy) is 1. The standard InChI is InChI=1S/C20H23ClF3N5O/c1-11(13-4-14(20(22,23)24)6-15(25)5-13)26-18-16-8-29(7-12-2-3-30-10-12)9-17(16)27-19(21)28-18/h4-6,11-12H,2-3,7-10,25H2,1H3,(H,26,27,28)/t11-,12?/m1/s1. The Hall–Kier alpha value is -2.10. The maximum Gasteiger partial charge on any atom is 0.416 e. The molecule has 2 aliphatic rings. The summed E-state index contributed by atoms with van der Waals surface area (Å²) in [6.07, 6.45) is -3.42. The molecule has 0 bridgehead atoms.